The Morgan fingerprint density at radius 1 is 0.913 bits per heavy atom. The fraction of sp³-hybridized carbons (Fsp3) is 0.227. The van der Waals surface area contributed by atoms with Crippen LogP contribution < -0.4 is 4.57 Å². The Balaban J connectivity index is 2.17. The molecule has 0 saturated carbocycles. The summed E-state index contributed by atoms with van der Waals surface area (Å²) < 4.78 is 10.5. The van der Waals surface area contributed by atoms with Gasteiger partial charge in [0, 0.05) is 23.1 Å². The first-order valence-electron chi connectivity index (χ1n) is 8.62. The van der Waals surface area contributed by atoms with Crippen LogP contribution in [0.2, 0.25) is 0 Å². The zero-order chi connectivity index (χ0) is 17.1. The molecule has 0 radical (unpaired) electrons. The van der Waals surface area contributed by atoms with Gasteiger partial charge in [-0.25, -0.2) is 4.57 Å². The third-order valence-electron chi connectivity index (χ3n) is 5.17. The second-order valence-corrected chi connectivity index (χ2v) is 6.96. The van der Waals surface area contributed by atoms with Gasteiger partial charge in [0.05, 0.1) is 6.93 Å². The first-order chi connectivity index (χ1) is 11.4. The van der Waals surface area contributed by atoms with E-state index in [4.69, 9.17) is 1.37 Å². The highest BCUT2D eigenvalue weighted by atomic mass is 14.9. The van der Waals surface area contributed by atoms with Crippen LogP contribution in [0.3, 0.4) is 0 Å². The van der Waals surface area contributed by atoms with Crippen LogP contribution in [-0.4, -0.2) is 0 Å². The van der Waals surface area contributed by atoms with Crippen LogP contribution in [0, 0.1) is 6.92 Å². The van der Waals surface area contributed by atoms with E-state index in [0.717, 1.165) is 5.69 Å². The second-order valence-electron chi connectivity index (χ2n) is 6.96. The van der Waals surface area contributed by atoms with Gasteiger partial charge in [-0.1, -0.05) is 50.2 Å². The van der Waals surface area contributed by atoms with E-state index in [9.17, 15) is 0 Å². The Bertz CT molecular complexity index is 949. The molecule has 0 fully saturated rings. The number of hydrogen-bond donors (Lipinski definition) is 0. The molecule has 1 aliphatic carbocycles. The van der Waals surface area contributed by atoms with Crippen molar-refractivity contribution in [1.29, 1.82) is 0 Å². The van der Waals surface area contributed by atoms with Gasteiger partial charge < -0.3 is 0 Å². The van der Waals surface area contributed by atoms with Crippen molar-refractivity contribution < 1.29 is 5.94 Å². The topological polar surface area (TPSA) is 3.88 Å². The van der Waals surface area contributed by atoms with E-state index in [2.05, 4.69) is 61.7 Å². The second kappa shape index (κ2) is 4.79. The molecule has 1 aliphatic rings. The lowest BCUT2D eigenvalue weighted by molar-refractivity contribution is -0.660. The minimum Gasteiger partial charge on any atom is -0.201 e. The molecular weight excluding hydrogens is 278 g/mol. The van der Waals surface area contributed by atoms with Gasteiger partial charge in [0.25, 0.3) is 0 Å². The van der Waals surface area contributed by atoms with Gasteiger partial charge in [-0.15, -0.1) is 0 Å². The van der Waals surface area contributed by atoms with Crippen molar-refractivity contribution >= 4 is 0 Å². The summed E-state index contributed by atoms with van der Waals surface area (Å²) in [5.41, 5.74) is 8.72. The predicted molar refractivity (Wildman–Crippen MR) is 95.4 cm³/mol. The molecule has 0 unspecified atom stereocenters. The van der Waals surface area contributed by atoms with E-state index >= 15 is 0 Å². The molecule has 0 aliphatic heterocycles. The number of pyridine rings is 1. The summed E-state index contributed by atoms with van der Waals surface area (Å²) in [6, 6.07) is 17.5. The average molecular weight is 301 g/mol. The van der Waals surface area contributed by atoms with Crippen molar-refractivity contribution in [3.05, 3.63) is 77.5 Å². The van der Waals surface area contributed by atoms with Crippen molar-refractivity contribution in [3.8, 4) is 22.4 Å². The third kappa shape index (κ3) is 1.89. The Hall–Kier alpha value is -2.41. The molecule has 1 aromatic heterocycles. The fourth-order valence-electron chi connectivity index (χ4n) is 3.93. The highest BCUT2D eigenvalue weighted by molar-refractivity contribution is 5.92. The molecule has 114 valence electrons. The highest BCUT2D eigenvalue weighted by Gasteiger charge is 2.38. The molecule has 0 bridgehead atoms. The first-order valence-corrected chi connectivity index (χ1v) is 8.12. The van der Waals surface area contributed by atoms with Crippen LogP contribution >= 0.6 is 0 Å². The lowest BCUT2D eigenvalue weighted by atomic mass is 9.81. The maximum Gasteiger partial charge on any atom is 0.213 e. The minimum atomic E-state index is -0.0100. The molecule has 23 heavy (non-hydrogen) atoms. The van der Waals surface area contributed by atoms with Gasteiger partial charge in [0.15, 0.2) is 6.20 Å². The Labute approximate surface area is 139 Å². The number of rotatable bonds is 1. The Kier molecular flexibility index (Phi) is 2.72. The molecule has 1 nitrogen and oxygen atoms in total. The van der Waals surface area contributed by atoms with Crippen molar-refractivity contribution in [3.63, 3.8) is 0 Å². The molecule has 0 atom stereocenters. The summed E-state index contributed by atoms with van der Waals surface area (Å²) >= 11 is 0. The number of nitrogens with zero attached hydrogens (tertiary/aromatic N) is 1. The fourth-order valence-corrected chi connectivity index (χ4v) is 3.93. The highest BCUT2D eigenvalue weighted by Crippen LogP contribution is 2.52. The van der Waals surface area contributed by atoms with Crippen LogP contribution in [0.5, 0.6) is 0 Å². The lowest BCUT2D eigenvalue weighted by Crippen LogP contribution is -2.30. The summed E-state index contributed by atoms with van der Waals surface area (Å²) in [6.07, 6.45) is 2.03. The largest absolute Gasteiger partial charge is 0.213 e. The lowest BCUT2D eigenvalue weighted by Gasteiger charge is -2.21. The molecule has 1 heterocycles. The van der Waals surface area contributed by atoms with Crippen molar-refractivity contribution in [2.75, 3.05) is 0 Å². The van der Waals surface area contributed by atoms with E-state index in [-0.39, 0.29) is 5.41 Å². The van der Waals surface area contributed by atoms with Crippen LogP contribution in [0.4, 0.5) is 0 Å². The number of fused-ring (bicyclic) bond motifs is 3. The van der Waals surface area contributed by atoms with E-state index in [1.165, 1.54) is 33.4 Å². The standard InChI is InChI=1S/C22H22N/c1-15-12-13-18-21(20(15)19-11-7-8-14-23(19)4)16-9-5-6-10-17(16)22(18,2)3/h5-14H,1-4H3/q+1/i11D. The monoisotopic (exact) mass is 301 g/mol. The van der Waals surface area contributed by atoms with Crippen molar-refractivity contribution in [2.24, 2.45) is 7.05 Å². The molecule has 0 N–H and O–H groups in total. The maximum atomic E-state index is 8.47. The molecule has 2 aromatic carbocycles. The number of aryl methyl sites for hydroxylation is 2. The molecule has 1 heteroatoms. The molecule has 0 spiro atoms. The van der Waals surface area contributed by atoms with Gasteiger partial charge >= 0.3 is 0 Å². The Morgan fingerprint density at radius 3 is 2.48 bits per heavy atom. The molecular formula is C22H22N+. The normalized spacial score (nSPS) is 15.0. The summed E-state index contributed by atoms with van der Waals surface area (Å²) in [7, 11) is 2.03. The van der Waals surface area contributed by atoms with Gasteiger partial charge in [-0.2, -0.15) is 0 Å². The van der Waals surface area contributed by atoms with Crippen molar-refractivity contribution in [2.45, 2.75) is 26.2 Å². The van der Waals surface area contributed by atoms with Gasteiger partial charge in [-0.05, 0) is 35.2 Å². The summed E-state index contributed by atoms with van der Waals surface area (Å²) in [5, 5.41) is 0. The van der Waals surface area contributed by atoms with Gasteiger partial charge in [-0.3, -0.25) is 0 Å². The predicted octanol–water partition coefficient (Wildman–Crippen LogP) is 4.79. The maximum absolute atomic E-state index is 8.47. The smallest absolute Gasteiger partial charge is 0.201 e. The van der Waals surface area contributed by atoms with Gasteiger partial charge in [0.1, 0.15) is 7.05 Å². The summed E-state index contributed by atoms with van der Waals surface area (Å²) in [4.78, 5) is 0. The SMILES string of the molecule is [2H]c1ccc[n+](C)c1-c1c(C)ccc2c1-c1ccccc1C2(C)C. The van der Waals surface area contributed by atoms with Crippen LogP contribution in [0.25, 0.3) is 22.4 Å². The average Bonchev–Trinajstić information content (AvgIpc) is 2.78. The molecule has 3 aromatic rings. The van der Waals surface area contributed by atoms with Crippen molar-refractivity contribution in [1.82, 2.24) is 0 Å². The zero-order valence-electron chi connectivity index (χ0n) is 15.1. The number of aromatic nitrogens is 1. The minimum absolute atomic E-state index is 0.0100. The van der Waals surface area contributed by atoms with E-state index in [1.807, 2.05) is 25.4 Å². The molecule has 0 saturated heterocycles. The van der Waals surface area contributed by atoms with E-state index < -0.39 is 0 Å². The molecule has 4 rings (SSSR count). The zero-order valence-corrected chi connectivity index (χ0v) is 14.1. The van der Waals surface area contributed by atoms with Crippen LogP contribution in [-0.2, 0) is 12.5 Å². The quantitative estimate of drug-likeness (QED) is 0.569. The third-order valence-corrected chi connectivity index (χ3v) is 5.17. The summed E-state index contributed by atoms with van der Waals surface area (Å²) in [6.45, 7) is 6.74. The van der Waals surface area contributed by atoms with Gasteiger partial charge in [0.2, 0.25) is 5.69 Å². The van der Waals surface area contributed by atoms with Crippen LogP contribution in [0.1, 0.15) is 31.9 Å². The van der Waals surface area contributed by atoms with Crippen LogP contribution in [0.15, 0.2) is 60.8 Å². The Morgan fingerprint density at radius 2 is 1.70 bits per heavy atom. The number of hydrogen-bond acceptors (Lipinski definition) is 0. The molecule has 0 amide bonds. The number of benzene rings is 2. The summed E-state index contributed by atoms with van der Waals surface area (Å²) in [5.74, 6) is 0. The van der Waals surface area contributed by atoms with E-state index in [0.29, 0.717) is 6.04 Å². The first kappa shape index (κ1) is 13.1. The van der Waals surface area contributed by atoms with E-state index in [1.54, 1.807) is 0 Å².